The Morgan fingerprint density at radius 1 is 0.348 bits per heavy atom. The van der Waals surface area contributed by atoms with Crippen LogP contribution in [0.2, 0.25) is 0 Å². The third-order valence-corrected chi connectivity index (χ3v) is 14.4. The van der Waals surface area contributed by atoms with Gasteiger partial charge in [-0.15, -0.1) is 0 Å². The number of fused-ring (bicyclic) bond motifs is 4. The van der Waals surface area contributed by atoms with E-state index in [9.17, 15) is 0 Å². The average Bonchev–Trinajstić information content (AvgIpc) is 3.64. The Labute approximate surface area is 406 Å². The first-order valence-corrected chi connectivity index (χ1v) is 24.2. The van der Waals surface area contributed by atoms with Crippen molar-refractivity contribution in [1.29, 1.82) is 0 Å². The molecule has 9 aromatic carbocycles. The van der Waals surface area contributed by atoms with Gasteiger partial charge in [0.15, 0.2) is 0 Å². The normalized spacial score (nSPS) is 16.3. The van der Waals surface area contributed by atoms with Gasteiger partial charge in [-0.3, -0.25) is 0 Å². The van der Waals surface area contributed by atoms with E-state index >= 15 is 0 Å². The number of benzene rings is 9. The van der Waals surface area contributed by atoms with Crippen molar-refractivity contribution in [2.24, 2.45) is 11.8 Å². The van der Waals surface area contributed by atoms with E-state index in [0.717, 1.165) is 28.4 Å². The number of anilines is 5. The topological polar surface area (TPSA) is 6.48 Å². The Hall–Kier alpha value is -8.46. The molecule has 0 heterocycles. The number of allylic oxidation sites excluding steroid dienone is 7. The van der Waals surface area contributed by atoms with Gasteiger partial charge < -0.3 is 9.80 Å². The highest BCUT2D eigenvalue weighted by Gasteiger charge is 2.46. The highest BCUT2D eigenvalue weighted by Crippen LogP contribution is 2.58. The summed E-state index contributed by atoms with van der Waals surface area (Å²) in [6, 6.07) is 86.3. The number of hydrogen-bond donors (Lipinski definition) is 0. The molecule has 330 valence electrons. The van der Waals surface area contributed by atoms with Gasteiger partial charge in [0.2, 0.25) is 0 Å². The molecular formula is C67H52N2. The highest BCUT2D eigenvalue weighted by molar-refractivity contribution is 5.97. The molecule has 0 fully saturated rings. The quantitative estimate of drug-likeness (QED) is 0.135. The van der Waals surface area contributed by atoms with E-state index in [1.54, 1.807) is 0 Å². The molecular weight excluding hydrogens is 833 g/mol. The fourth-order valence-corrected chi connectivity index (χ4v) is 10.9. The lowest BCUT2D eigenvalue weighted by molar-refractivity contribution is 0.584. The molecule has 0 saturated heterocycles. The number of nitrogens with zero attached hydrogens (tertiary/aromatic N) is 2. The van der Waals surface area contributed by atoms with Crippen molar-refractivity contribution in [3.63, 3.8) is 0 Å². The summed E-state index contributed by atoms with van der Waals surface area (Å²) < 4.78 is 0. The molecule has 2 unspecified atom stereocenters. The predicted molar refractivity (Wildman–Crippen MR) is 291 cm³/mol. The van der Waals surface area contributed by atoms with Crippen molar-refractivity contribution < 1.29 is 0 Å². The van der Waals surface area contributed by atoms with Crippen molar-refractivity contribution >= 4 is 34.0 Å². The summed E-state index contributed by atoms with van der Waals surface area (Å²) in [4.78, 5) is 4.98. The van der Waals surface area contributed by atoms with Gasteiger partial charge in [0.05, 0.1) is 0 Å². The molecule has 3 aliphatic rings. The van der Waals surface area contributed by atoms with Gasteiger partial charge in [0.25, 0.3) is 0 Å². The van der Waals surface area contributed by atoms with E-state index in [1.807, 2.05) is 0 Å². The summed E-state index contributed by atoms with van der Waals surface area (Å²) in [5, 5.41) is 0. The lowest BCUT2D eigenvalue weighted by atomic mass is 9.72. The monoisotopic (exact) mass is 884 g/mol. The highest BCUT2D eigenvalue weighted by atomic mass is 15.2. The second-order valence-corrected chi connectivity index (χ2v) is 18.9. The molecule has 69 heavy (non-hydrogen) atoms. The largest absolute Gasteiger partial charge is 0.313 e. The molecule has 0 N–H and O–H groups in total. The molecule has 0 radical (unpaired) electrons. The SMILES string of the molecule is CC1(C)C2=CC3C=CC=CC3C(N(c3ccc(-c4ccccc4)cc3)c3ccc(-c4ccccc4)cc3)=C2c2ccc(N(c3ccc(-c4ccccc4)cc3)c3ccc(-c4ccccc4)cc3)cc21. The van der Waals surface area contributed by atoms with E-state index < -0.39 is 0 Å². The first kappa shape index (κ1) is 41.9. The van der Waals surface area contributed by atoms with Gasteiger partial charge in [-0.1, -0.05) is 220 Å². The second kappa shape index (κ2) is 17.6. The van der Waals surface area contributed by atoms with Gasteiger partial charge >= 0.3 is 0 Å². The van der Waals surface area contributed by atoms with Crippen LogP contribution in [0.4, 0.5) is 28.4 Å². The molecule has 0 spiro atoms. The van der Waals surface area contributed by atoms with Crippen LogP contribution >= 0.6 is 0 Å². The first-order valence-electron chi connectivity index (χ1n) is 24.2. The average molecular weight is 885 g/mol. The van der Waals surface area contributed by atoms with Crippen LogP contribution < -0.4 is 9.80 Å². The summed E-state index contributed by atoms with van der Waals surface area (Å²) in [5.74, 6) is 0.329. The molecule has 0 amide bonds. The Morgan fingerprint density at radius 2 is 0.696 bits per heavy atom. The molecule has 9 aromatic rings. The summed E-state index contributed by atoms with van der Waals surface area (Å²) in [7, 11) is 0. The Balaban J connectivity index is 1.03. The number of hydrogen-bond acceptors (Lipinski definition) is 2. The molecule has 3 aliphatic carbocycles. The fourth-order valence-electron chi connectivity index (χ4n) is 10.9. The first-order chi connectivity index (χ1) is 34.0. The van der Waals surface area contributed by atoms with E-state index in [4.69, 9.17) is 0 Å². The minimum Gasteiger partial charge on any atom is -0.313 e. The van der Waals surface area contributed by atoms with Crippen LogP contribution in [0, 0.1) is 11.8 Å². The molecule has 0 saturated carbocycles. The van der Waals surface area contributed by atoms with Crippen molar-refractivity contribution in [3.05, 3.63) is 289 Å². The standard InChI is InChI=1S/C67H52N2/c1-67(2)63-46-60(68(56-35-27-51(28-36-56)47-17-7-3-8-18-47)57-37-29-52(30-38-57)48-19-9-4-10-20-48)43-44-62(63)65-64(67)45-55-25-15-16-26-61(55)66(65)69(58-39-31-53(32-40-58)49-21-11-5-12-22-49)59-41-33-54(34-42-59)50-23-13-6-14-24-50/h3-46,55,61H,1-2H3. The van der Waals surface area contributed by atoms with Crippen LogP contribution in [-0.4, -0.2) is 0 Å². The molecule has 2 heteroatoms. The van der Waals surface area contributed by atoms with E-state index in [2.05, 4.69) is 291 Å². The van der Waals surface area contributed by atoms with Crippen LogP contribution in [-0.2, 0) is 5.41 Å². The maximum atomic E-state index is 2.57. The minimum atomic E-state index is -0.286. The predicted octanol–water partition coefficient (Wildman–Crippen LogP) is 18.0. The summed E-state index contributed by atoms with van der Waals surface area (Å²) in [6.45, 7) is 4.85. The van der Waals surface area contributed by atoms with Crippen molar-refractivity contribution in [2.75, 3.05) is 9.80 Å². The maximum absolute atomic E-state index is 2.57. The summed E-state index contributed by atoms with van der Waals surface area (Å²) >= 11 is 0. The summed E-state index contributed by atoms with van der Waals surface area (Å²) in [6.07, 6.45) is 11.9. The summed E-state index contributed by atoms with van der Waals surface area (Å²) in [5.41, 5.74) is 21.6. The van der Waals surface area contributed by atoms with Crippen LogP contribution in [0.25, 0.3) is 50.1 Å². The van der Waals surface area contributed by atoms with Crippen molar-refractivity contribution in [2.45, 2.75) is 19.3 Å². The Bertz CT molecular complexity index is 3230. The molecule has 0 aliphatic heterocycles. The lowest BCUT2D eigenvalue weighted by Crippen LogP contribution is -2.31. The van der Waals surface area contributed by atoms with Crippen LogP contribution in [0.3, 0.4) is 0 Å². The molecule has 12 rings (SSSR count). The van der Waals surface area contributed by atoms with Gasteiger partial charge in [-0.25, -0.2) is 0 Å². The zero-order valence-electron chi connectivity index (χ0n) is 39.0. The van der Waals surface area contributed by atoms with Gasteiger partial charge in [0.1, 0.15) is 0 Å². The Morgan fingerprint density at radius 3 is 1.10 bits per heavy atom. The van der Waals surface area contributed by atoms with Crippen molar-refractivity contribution in [1.82, 2.24) is 0 Å². The molecule has 0 aromatic heterocycles. The van der Waals surface area contributed by atoms with E-state index in [0.29, 0.717) is 0 Å². The minimum absolute atomic E-state index is 0.125. The fraction of sp³-hybridized carbons (Fsp3) is 0.0746. The van der Waals surface area contributed by atoms with Crippen LogP contribution in [0.5, 0.6) is 0 Å². The maximum Gasteiger partial charge on any atom is 0.0465 e. The molecule has 2 nitrogen and oxygen atoms in total. The number of rotatable bonds is 10. The van der Waals surface area contributed by atoms with Crippen LogP contribution in [0.15, 0.2) is 278 Å². The lowest BCUT2D eigenvalue weighted by Gasteiger charge is -2.40. The van der Waals surface area contributed by atoms with Gasteiger partial charge in [-0.05, 0) is 122 Å². The van der Waals surface area contributed by atoms with Crippen LogP contribution in [0.1, 0.15) is 25.0 Å². The van der Waals surface area contributed by atoms with Gasteiger partial charge in [-0.2, -0.15) is 0 Å². The zero-order valence-corrected chi connectivity index (χ0v) is 39.0. The Kier molecular flexibility index (Phi) is 10.7. The molecule has 0 bridgehead atoms. The second-order valence-electron chi connectivity index (χ2n) is 18.9. The van der Waals surface area contributed by atoms with Gasteiger partial charge in [0, 0.05) is 57.0 Å². The van der Waals surface area contributed by atoms with E-state index in [1.165, 1.54) is 72.5 Å². The molecule has 2 atom stereocenters. The third-order valence-electron chi connectivity index (χ3n) is 14.4. The smallest absolute Gasteiger partial charge is 0.0465 e. The van der Waals surface area contributed by atoms with E-state index in [-0.39, 0.29) is 17.3 Å². The van der Waals surface area contributed by atoms with Crippen molar-refractivity contribution in [3.8, 4) is 44.5 Å². The zero-order chi connectivity index (χ0) is 46.3. The third kappa shape index (κ3) is 7.74.